The van der Waals surface area contributed by atoms with E-state index in [-0.39, 0.29) is 5.91 Å². The van der Waals surface area contributed by atoms with E-state index < -0.39 is 6.10 Å². The predicted molar refractivity (Wildman–Crippen MR) is 76.8 cm³/mol. The van der Waals surface area contributed by atoms with Crippen LogP contribution < -0.4 is 5.32 Å². The Morgan fingerprint density at radius 3 is 2.80 bits per heavy atom. The first-order valence-electron chi connectivity index (χ1n) is 6.47. The summed E-state index contributed by atoms with van der Waals surface area (Å²) in [6, 6.07) is 11.3. The van der Waals surface area contributed by atoms with Crippen molar-refractivity contribution in [3.63, 3.8) is 0 Å². The highest BCUT2D eigenvalue weighted by Crippen LogP contribution is 2.15. The smallest absolute Gasteiger partial charge is 0.244 e. The maximum absolute atomic E-state index is 11.6. The van der Waals surface area contributed by atoms with Crippen LogP contribution in [0.15, 0.2) is 59.4 Å². The van der Waals surface area contributed by atoms with Gasteiger partial charge in [-0.25, -0.2) is 0 Å². The maximum atomic E-state index is 11.6. The van der Waals surface area contributed by atoms with Crippen LogP contribution in [0.3, 0.4) is 0 Å². The van der Waals surface area contributed by atoms with E-state index >= 15 is 0 Å². The van der Waals surface area contributed by atoms with Gasteiger partial charge in [0.2, 0.25) is 5.91 Å². The van der Waals surface area contributed by atoms with E-state index in [4.69, 9.17) is 4.42 Å². The number of aliphatic hydroxyl groups is 1. The number of hydrogen-bond donors (Lipinski definition) is 2. The second kappa shape index (κ2) is 7.31. The molecule has 0 saturated carbocycles. The van der Waals surface area contributed by atoms with Gasteiger partial charge in [0.05, 0.1) is 18.6 Å². The van der Waals surface area contributed by atoms with Crippen LogP contribution in [0, 0.1) is 0 Å². The first kappa shape index (κ1) is 14.1. The quantitative estimate of drug-likeness (QED) is 0.794. The van der Waals surface area contributed by atoms with Gasteiger partial charge in [-0.05, 0) is 24.1 Å². The zero-order valence-electron chi connectivity index (χ0n) is 11.0. The molecular formula is C16H17NO3. The Morgan fingerprint density at radius 1 is 1.30 bits per heavy atom. The summed E-state index contributed by atoms with van der Waals surface area (Å²) in [5.74, 6) is -0.173. The van der Waals surface area contributed by atoms with Gasteiger partial charge in [-0.3, -0.25) is 4.79 Å². The van der Waals surface area contributed by atoms with Crippen LogP contribution in [0.1, 0.15) is 23.7 Å². The first-order valence-corrected chi connectivity index (χ1v) is 6.47. The molecule has 4 nitrogen and oxygen atoms in total. The minimum absolute atomic E-state index is 0.173. The lowest BCUT2D eigenvalue weighted by Gasteiger charge is -2.08. The number of furan rings is 1. The molecule has 1 heterocycles. The Kier molecular flexibility index (Phi) is 5.15. The number of amides is 1. The van der Waals surface area contributed by atoms with Crippen molar-refractivity contribution in [1.82, 2.24) is 5.32 Å². The second-order valence-electron chi connectivity index (χ2n) is 4.40. The van der Waals surface area contributed by atoms with Crippen molar-refractivity contribution in [1.29, 1.82) is 0 Å². The molecule has 1 aromatic carbocycles. The van der Waals surface area contributed by atoms with Crippen molar-refractivity contribution < 1.29 is 14.3 Å². The van der Waals surface area contributed by atoms with Gasteiger partial charge in [-0.15, -0.1) is 0 Å². The Hall–Kier alpha value is -2.33. The standard InChI is InChI=1S/C16H17NO3/c18-15(14-9-11-20-12-14)8-10-17-16(19)7-6-13-4-2-1-3-5-13/h1-7,9,11-12,15,18H,8,10H2,(H,17,19)/b7-6+/t15-/m0/s1. The fourth-order valence-corrected chi connectivity index (χ4v) is 1.76. The lowest BCUT2D eigenvalue weighted by Crippen LogP contribution is -2.23. The highest BCUT2D eigenvalue weighted by molar-refractivity contribution is 5.91. The van der Waals surface area contributed by atoms with E-state index in [0.29, 0.717) is 13.0 Å². The molecule has 0 saturated heterocycles. The summed E-state index contributed by atoms with van der Waals surface area (Å²) >= 11 is 0. The van der Waals surface area contributed by atoms with E-state index in [1.54, 1.807) is 12.1 Å². The molecule has 0 bridgehead atoms. The Morgan fingerprint density at radius 2 is 2.10 bits per heavy atom. The van der Waals surface area contributed by atoms with E-state index in [1.165, 1.54) is 18.6 Å². The van der Waals surface area contributed by atoms with Crippen LogP contribution in [-0.2, 0) is 4.79 Å². The fourth-order valence-electron chi connectivity index (χ4n) is 1.76. The Labute approximate surface area is 117 Å². The summed E-state index contributed by atoms with van der Waals surface area (Å²) in [6.45, 7) is 0.407. The van der Waals surface area contributed by atoms with Gasteiger partial charge in [0.25, 0.3) is 0 Å². The van der Waals surface area contributed by atoms with E-state index in [9.17, 15) is 9.90 Å². The van der Waals surface area contributed by atoms with Crippen molar-refractivity contribution in [2.75, 3.05) is 6.54 Å². The minimum Gasteiger partial charge on any atom is -0.472 e. The summed E-state index contributed by atoms with van der Waals surface area (Å²) in [4.78, 5) is 11.6. The molecule has 0 aliphatic carbocycles. The summed E-state index contributed by atoms with van der Waals surface area (Å²) < 4.78 is 4.89. The second-order valence-corrected chi connectivity index (χ2v) is 4.40. The molecule has 4 heteroatoms. The van der Waals surface area contributed by atoms with Crippen molar-refractivity contribution in [2.24, 2.45) is 0 Å². The van der Waals surface area contributed by atoms with Crippen LogP contribution >= 0.6 is 0 Å². The van der Waals surface area contributed by atoms with Crippen LogP contribution in [-0.4, -0.2) is 17.6 Å². The highest BCUT2D eigenvalue weighted by Gasteiger charge is 2.08. The number of nitrogens with one attached hydrogen (secondary N) is 1. The van der Waals surface area contributed by atoms with Crippen LogP contribution in [0.4, 0.5) is 0 Å². The third-order valence-corrected chi connectivity index (χ3v) is 2.87. The summed E-state index contributed by atoms with van der Waals surface area (Å²) in [5.41, 5.74) is 1.69. The zero-order chi connectivity index (χ0) is 14.2. The first-order chi connectivity index (χ1) is 9.75. The summed E-state index contributed by atoms with van der Waals surface area (Å²) in [5, 5.41) is 12.5. The number of benzene rings is 1. The van der Waals surface area contributed by atoms with Crippen molar-refractivity contribution in [3.05, 3.63) is 66.1 Å². The molecule has 2 rings (SSSR count). The molecule has 2 aromatic rings. The van der Waals surface area contributed by atoms with E-state index in [0.717, 1.165) is 11.1 Å². The van der Waals surface area contributed by atoms with Gasteiger partial charge >= 0.3 is 0 Å². The van der Waals surface area contributed by atoms with Crippen molar-refractivity contribution in [3.8, 4) is 0 Å². The average molecular weight is 271 g/mol. The van der Waals surface area contributed by atoms with E-state index in [2.05, 4.69) is 5.32 Å². The average Bonchev–Trinajstić information content (AvgIpc) is 3.00. The fraction of sp³-hybridized carbons (Fsp3) is 0.188. The SMILES string of the molecule is O=C(/C=C/c1ccccc1)NCC[C@H](O)c1ccoc1. The minimum atomic E-state index is -0.618. The third-order valence-electron chi connectivity index (χ3n) is 2.87. The Bertz CT molecular complexity index is 546. The molecule has 1 aromatic heterocycles. The lowest BCUT2D eigenvalue weighted by molar-refractivity contribution is -0.116. The normalized spacial score (nSPS) is 12.4. The van der Waals surface area contributed by atoms with Crippen molar-refractivity contribution >= 4 is 12.0 Å². The van der Waals surface area contributed by atoms with Gasteiger partial charge in [-0.2, -0.15) is 0 Å². The van der Waals surface area contributed by atoms with Gasteiger partial charge in [0, 0.05) is 18.2 Å². The van der Waals surface area contributed by atoms with Crippen LogP contribution in [0.5, 0.6) is 0 Å². The molecule has 0 aliphatic heterocycles. The van der Waals surface area contributed by atoms with Crippen LogP contribution in [0.25, 0.3) is 6.08 Å². The molecular weight excluding hydrogens is 254 g/mol. The Balaban J connectivity index is 1.72. The lowest BCUT2D eigenvalue weighted by atomic mass is 10.1. The number of carbonyl (C=O) groups excluding carboxylic acids is 1. The van der Waals surface area contributed by atoms with Gasteiger partial charge in [0.15, 0.2) is 0 Å². The topological polar surface area (TPSA) is 62.5 Å². The van der Waals surface area contributed by atoms with Crippen LogP contribution in [0.2, 0.25) is 0 Å². The number of rotatable bonds is 6. The molecule has 0 fully saturated rings. The summed E-state index contributed by atoms with van der Waals surface area (Å²) in [7, 11) is 0. The maximum Gasteiger partial charge on any atom is 0.244 e. The molecule has 0 aliphatic rings. The molecule has 20 heavy (non-hydrogen) atoms. The molecule has 0 unspecified atom stereocenters. The summed E-state index contributed by atoms with van der Waals surface area (Å²) in [6.07, 6.45) is 6.08. The predicted octanol–water partition coefficient (Wildman–Crippen LogP) is 2.53. The molecule has 104 valence electrons. The molecule has 0 radical (unpaired) electrons. The largest absolute Gasteiger partial charge is 0.472 e. The zero-order valence-corrected chi connectivity index (χ0v) is 11.0. The number of aliphatic hydroxyl groups excluding tert-OH is 1. The van der Waals surface area contributed by atoms with Crippen molar-refractivity contribution in [2.45, 2.75) is 12.5 Å². The van der Waals surface area contributed by atoms with Gasteiger partial charge < -0.3 is 14.8 Å². The third kappa shape index (κ3) is 4.40. The van der Waals surface area contributed by atoms with Gasteiger partial charge in [-0.1, -0.05) is 30.3 Å². The number of hydrogen-bond acceptors (Lipinski definition) is 3. The number of carbonyl (C=O) groups is 1. The van der Waals surface area contributed by atoms with E-state index in [1.807, 2.05) is 30.3 Å². The van der Waals surface area contributed by atoms with Gasteiger partial charge in [0.1, 0.15) is 0 Å². The highest BCUT2D eigenvalue weighted by atomic mass is 16.3. The molecule has 2 N–H and O–H groups in total. The molecule has 0 spiro atoms. The molecule has 1 atom stereocenters. The molecule has 1 amide bonds. The monoisotopic (exact) mass is 271 g/mol.